The van der Waals surface area contributed by atoms with Gasteiger partial charge in [-0.05, 0) is 77.7 Å². The van der Waals surface area contributed by atoms with E-state index in [1.54, 1.807) is 12.4 Å². The fourth-order valence-electron chi connectivity index (χ4n) is 7.08. The van der Waals surface area contributed by atoms with E-state index < -0.39 is 0 Å². The molecule has 2 atom stereocenters. The maximum absolute atomic E-state index is 6.49. The molecule has 0 amide bonds. The van der Waals surface area contributed by atoms with Crippen molar-refractivity contribution in [3.63, 3.8) is 0 Å². The Bertz CT molecular complexity index is 2540. The van der Waals surface area contributed by atoms with E-state index in [0.717, 1.165) is 84.3 Å². The third kappa shape index (κ3) is 5.30. The van der Waals surface area contributed by atoms with Crippen molar-refractivity contribution in [3.8, 4) is 22.4 Å². The van der Waals surface area contributed by atoms with Gasteiger partial charge >= 0.3 is 0 Å². The highest BCUT2D eigenvalue weighted by molar-refractivity contribution is 6.17. The van der Waals surface area contributed by atoms with Crippen LogP contribution in [0, 0.1) is 5.92 Å². The lowest BCUT2D eigenvalue weighted by molar-refractivity contribution is 0.532. The Kier molecular flexibility index (Phi) is 7.16. The quantitative estimate of drug-likeness (QED) is 0.183. The fourth-order valence-corrected chi connectivity index (χ4v) is 7.08. The van der Waals surface area contributed by atoms with E-state index in [4.69, 9.17) is 19.4 Å². The number of hydrogen-bond donors (Lipinski definition) is 0. The SMILES string of the molecule is CCC1C(c2ccc3c(c2)oc2ccc(-c4ccc5nc(-c6ccncc6)ccc5c4)cc23)=NC(c2ccccc2)=NC1c1ccccc1. The Morgan fingerprint density at radius 2 is 1.35 bits per heavy atom. The van der Waals surface area contributed by atoms with Gasteiger partial charge in [0, 0.05) is 51.2 Å². The molecule has 5 aromatic carbocycles. The van der Waals surface area contributed by atoms with Crippen molar-refractivity contribution in [1.82, 2.24) is 9.97 Å². The third-order valence-electron chi connectivity index (χ3n) is 9.60. The van der Waals surface area contributed by atoms with Gasteiger partial charge in [0.2, 0.25) is 0 Å². The molecule has 0 radical (unpaired) electrons. The first kappa shape index (κ1) is 29.0. The Labute approximate surface area is 284 Å². The average molecular weight is 633 g/mol. The van der Waals surface area contributed by atoms with E-state index in [1.807, 2.05) is 30.3 Å². The monoisotopic (exact) mass is 632 g/mol. The average Bonchev–Trinajstić information content (AvgIpc) is 3.55. The number of pyridine rings is 2. The Balaban J connectivity index is 1.09. The van der Waals surface area contributed by atoms with Crippen molar-refractivity contribution in [3.05, 3.63) is 169 Å². The molecule has 0 aliphatic carbocycles. The second kappa shape index (κ2) is 12.1. The van der Waals surface area contributed by atoms with Crippen molar-refractivity contribution < 1.29 is 4.42 Å². The van der Waals surface area contributed by atoms with Crippen LogP contribution in [0.4, 0.5) is 0 Å². The molecule has 3 aromatic heterocycles. The number of amidine groups is 1. The molecule has 4 heterocycles. The van der Waals surface area contributed by atoms with Gasteiger partial charge in [0.05, 0.1) is 23.0 Å². The van der Waals surface area contributed by atoms with E-state index in [-0.39, 0.29) is 12.0 Å². The summed E-state index contributed by atoms with van der Waals surface area (Å²) in [6.07, 6.45) is 4.51. The van der Waals surface area contributed by atoms with Crippen molar-refractivity contribution in [2.24, 2.45) is 15.9 Å². The molecule has 0 fully saturated rings. The van der Waals surface area contributed by atoms with Crippen LogP contribution in [-0.4, -0.2) is 21.5 Å². The molecule has 234 valence electrons. The molecule has 49 heavy (non-hydrogen) atoms. The maximum Gasteiger partial charge on any atom is 0.155 e. The number of benzene rings is 5. The lowest BCUT2D eigenvalue weighted by Crippen LogP contribution is -2.28. The lowest BCUT2D eigenvalue weighted by atomic mass is 9.83. The molecule has 5 heteroatoms. The number of fused-ring (bicyclic) bond motifs is 4. The van der Waals surface area contributed by atoms with Crippen LogP contribution in [0.15, 0.2) is 166 Å². The van der Waals surface area contributed by atoms with Gasteiger partial charge in [-0.25, -0.2) is 9.98 Å². The topological polar surface area (TPSA) is 63.6 Å². The fraction of sp³-hybridized carbons (Fsp3) is 0.0909. The van der Waals surface area contributed by atoms with Gasteiger partial charge in [0.25, 0.3) is 0 Å². The molecular weight excluding hydrogens is 601 g/mol. The van der Waals surface area contributed by atoms with E-state index in [1.165, 1.54) is 5.56 Å². The summed E-state index contributed by atoms with van der Waals surface area (Å²) in [4.78, 5) is 19.5. The molecule has 1 aliphatic rings. The summed E-state index contributed by atoms with van der Waals surface area (Å²) in [6, 6.07) is 48.5. The van der Waals surface area contributed by atoms with Gasteiger partial charge < -0.3 is 4.42 Å². The number of hydrogen-bond acceptors (Lipinski definition) is 5. The summed E-state index contributed by atoms with van der Waals surface area (Å²) in [5.74, 6) is 0.897. The normalized spacial score (nSPS) is 16.2. The van der Waals surface area contributed by atoms with Gasteiger partial charge in [-0.3, -0.25) is 9.98 Å². The van der Waals surface area contributed by atoms with E-state index in [0.29, 0.717) is 0 Å². The number of rotatable bonds is 6. The first-order valence-corrected chi connectivity index (χ1v) is 16.8. The van der Waals surface area contributed by atoms with Gasteiger partial charge in [-0.15, -0.1) is 0 Å². The summed E-state index contributed by atoms with van der Waals surface area (Å²) in [5.41, 5.74) is 11.3. The first-order valence-electron chi connectivity index (χ1n) is 16.8. The standard InChI is InChI=1S/C44H32N4O/c1-2-35-42(29-9-5-3-6-10-29)47-44(30-11-7-4-8-12-30)48-43(35)34-13-17-36-37-26-32(16-20-40(37)49-41(36)27-34)31-14-18-39-33(25-31)15-19-38(46-39)28-21-23-45-24-22-28/h3-27,35,42H,2H2,1H3. The highest BCUT2D eigenvalue weighted by Crippen LogP contribution is 2.38. The van der Waals surface area contributed by atoms with Gasteiger partial charge in [0.1, 0.15) is 11.2 Å². The number of aromatic nitrogens is 2. The third-order valence-corrected chi connectivity index (χ3v) is 9.60. The van der Waals surface area contributed by atoms with Crippen LogP contribution in [-0.2, 0) is 0 Å². The van der Waals surface area contributed by atoms with Crippen molar-refractivity contribution >= 4 is 44.4 Å². The van der Waals surface area contributed by atoms with Crippen LogP contribution in [0.3, 0.4) is 0 Å². The van der Waals surface area contributed by atoms with Crippen LogP contribution >= 0.6 is 0 Å². The molecule has 0 bridgehead atoms. The van der Waals surface area contributed by atoms with Gasteiger partial charge in [0.15, 0.2) is 5.84 Å². The molecule has 0 N–H and O–H groups in total. The van der Waals surface area contributed by atoms with E-state index in [2.05, 4.69) is 121 Å². The smallest absolute Gasteiger partial charge is 0.155 e. The highest BCUT2D eigenvalue weighted by atomic mass is 16.3. The lowest BCUT2D eigenvalue weighted by Gasteiger charge is -2.29. The van der Waals surface area contributed by atoms with Gasteiger partial charge in [-0.2, -0.15) is 0 Å². The van der Waals surface area contributed by atoms with Crippen LogP contribution in [0.1, 0.15) is 36.1 Å². The van der Waals surface area contributed by atoms with Gasteiger partial charge in [-0.1, -0.05) is 91.9 Å². The molecule has 5 nitrogen and oxygen atoms in total. The minimum atomic E-state index is -0.0257. The predicted octanol–water partition coefficient (Wildman–Crippen LogP) is 10.9. The van der Waals surface area contributed by atoms with Crippen LogP contribution in [0.25, 0.3) is 55.2 Å². The summed E-state index contributed by atoms with van der Waals surface area (Å²) < 4.78 is 6.49. The van der Waals surface area contributed by atoms with Crippen molar-refractivity contribution in [2.45, 2.75) is 19.4 Å². The molecule has 2 unspecified atom stereocenters. The van der Waals surface area contributed by atoms with E-state index >= 15 is 0 Å². The van der Waals surface area contributed by atoms with Crippen molar-refractivity contribution in [1.29, 1.82) is 0 Å². The molecule has 0 saturated heterocycles. The summed E-state index contributed by atoms with van der Waals surface area (Å²) >= 11 is 0. The van der Waals surface area contributed by atoms with Crippen LogP contribution in [0.5, 0.6) is 0 Å². The molecule has 0 spiro atoms. The van der Waals surface area contributed by atoms with Crippen molar-refractivity contribution in [2.75, 3.05) is 0 Å². The van der Waals surface area contributed by atoms with Crippen LogP contribution in [0.2, 0.25) is 0 Å². The molecule has 9 rings (SSSR count). The summed E-state index contributed by atoms with van der Waals surface area (Å²) in [6.45, 7) is 2.23. The minimum Gasteiger partial charge on any atom is -0.456 e. The largest absolute Gasteiger partial charge is 0.456 e. The summed E-state index contributed by atoms with van der Waals surface area (Å²) in [5, 5.41) is 3.28. The highest BCUT2D eigenvalue weighted by Gasteiger charge is 2.32. The number of aliphatic imine (C=N–C) groups is 2. The predicted molar refractivity (Wildman–Crippen MR) is 200 cm³/mol. The van der Waals surface area contributed by atoms with Crippen LogP contribution < -0.4 is 0 Å². The maximum atomic E-state index is 6.49. The zero-order valence-electron chi connectivity index (χ0n) is 27.0. The molecular formula is C44H32N4O. The Morgan fingerprint density at radius 3 is 2.16 bits per heavy atom. The molecule has 1 aliphatic heterocycles. The number of nitrogens with zero attached hydrogens (tertiary/aromatic N) is 4. The summed E-state index contributed by atoms with van der Waals surface area (Å²) in [7, 11) is 0. The zero-order chi connectivity index (χ0) is 32.7. The Morgan fingerprint density at radius 1 is 0.592 bits per heavy atom. The second-order valence-corrected chi connectivity index (χ2v) is 12.5. The molecule has 8 aromatic rings. The zero-order valence-corrected chi connectivity index (χ0v) is 27.0. The minimum absolute atomic E-state index is 0.0257. The van der Waals surface area contributed by atoms with E-state index in [9.17, 15) is 0 Å². The number of furan rings is 1. The molecule has 0 saturated carbocycles. The second-order valence-electron chi connectivity index (χ2n) is 12.5. The Hall–Kier alpha value is -6.20. The first-order chi connectivity index (χ1) is 24.2.